The molecule has 2 aromatic heterocycles. The molecule has 0 radical (unpaired) electrons. The molecule has 0 spiro atoms. The first-order valence-corrected chi connectivity index (χ1v) is 7.75. The van der Waals surface area contributed by atoms with Crippen LogP contribution in [0, 0.1) is 0 Å². The van der Waals surface area contributed by atoms with Crippen molar-refractivity contribution in [3.05, 3.63) is 22.8 Å². The molecule has 0 unspecified atom stereocenters. The summed E-state index contributed by atoms with van der Waals surface area (Å²) in [4.78, 5) is 6.12. The fraction of sp³-hybridized carbons (Fsp3) is 0.571. The summed E-state index contributed by atoms with van der Waals surface area (Å²) in [6.07, 6.45) is 5.30. The highest BCUT2D eigenvalue weighted by Gasteiger charge is 2.13. The summed E-state index contributed by atoms with van der Waals surface area (Å²) in [5.41, 5.74) is 2.21. The Labute approximate surface area is 118 Å². The van der Waals surface area contributed by atoms with Gasteiger partial charge in [0, 0.05) is 24.7 Å². The lowest BCUT2D eigenvalue weighted by molar-refractivity contribution is 0.674. The van der Waals surface area contributed by atoms with E-state index in [2.05, 4.69) is 24.3 Å². The molecule has 0 atom stereocenters. The number of nitrogens with one attached hydrogen (secondary N) is 1. The van der Waals surface area contributed by atoms with Crippen LogP contribution in [0.4, 0.5) is 0 Å². The average Bonchev–Trinajstić information content (AvgIpc) is 2.97. The summed E-state index contributed by atoms with van der Waals surface area (Å²) >= 11 is 1.77. The second-order valence-corrected chi connectivity index (χ2v) is 5.77. The first-order valence-electron chi connectivity index (χ1n) is 6.93. The molecule has 19 heavy (non-hydrogen) atoms. The molecular formula is C14H22N4S. The minimum Gasteiger partial charge on any atom is -0.312 e. The van der Waals surface area contributed by atoms with E-state index in [9.17, 15) is 0 Å². The predicted octanol–water partition coefficient (Wildman–Crippen LogP) is 3.00. The van der Waals surface area contributed by atoms with E-state index in [1.807, 2.05) is 24.0 Å². The van der Waals surface area contributed by atoms with Gasteiger partial charge in [0.05, 0.1) is 5.69 Å². The van der Waals surface area contributed by atoms with Gasteiger partial charge in [-0.25, -0.2) is 4.98 Å². The first kappa shape index (κ1) is 14.2. The largest absolute Gasteiger partial charge is 0.312 e. The minimum atomic E-state index is 0.924. The maximum atomic E-state index is 4.76. The van der Waals surface area contributed by atoms with Crippen molar-refractivity contribution in [2.75, 3.05) is 6.54 Å². The van der Waals surface area contributed by atoms with Crippen LogP contribution in [-0.4, -0.2) is 21.3 Å². The number of hydrogen-bond acceptors (Lipinski definition) is 4. The van der Waals surface area contributed by atoms with Crippen LogP contribution in [0.15, 0.2) is 12.3 Å². The zero-order valence-corrected chi connectivity index (χ0v) is 12.8. The first-order chi connectivity index (χ1) is 9.24. The van der Waals surface area contributed by atoms with Crippen molar-refractivity contribution in [3.63, 3.8) is 0 Å². The number of hydrogen-bond donors (Lipinski definition) is 1. The van der Waals surface area contributed by atoms with E-state index in [0.717, 1.165) is 43.1 Å². The highest BCUT2D eigenvalue weighted by atomic mass is 32.1. The second-order valence-electron chi connectivity index (χ2n) is 4.69. The van der Waals surface area contributed by atoms with Gasteiger partial charge in [-0.15, -0.1) is 11.3 Å². The molecule has 0 aliphatic rings. The van der Waals surface area contributed by atoms with E-state index in [-0.39, 0.29) is 0 Å². The van der Waals surface area contributed by atoms with E-state index >= 15 is 0 Å². The van der Waals surface area contributed by atoms with Crippen LogP contribution in [0.2, 0.25) is 0 Å². The molecule has 4 nitrogen and oxygen atoms in total. The second kappa shape index (κ2) is 6.82. The fourth-order valence-electron chi connectivity index (χ4n) is 1.97. The lowest BCUT2D eigenvalue weighted by Gasteiger charge is -2.02. The topological polar surface area (TPSA) is 42.7 Å². The Morgan fingerprint density at radius 1 is 1.32 bits per heavy atom. The quantitative estimate of drug-likeness (QED) is 0.792. The van der Waals surface area contributed by atoms with Gasteiger partial charge < -0.3 is 5.32 Å². The van der Waals surface area contributed by atoms with E-state index < -0.39 is 0 Å². The zero-order valence-electron chi connectivity index (χ0n) is 11.9. The Bertz CT molecular complexity index is 515. The molecular weight excluding hydrogens is 256 g/mol. The maximum absolute atomic E-state index is 4.76. The van der Waals surface area contributed by atoms with E-state index in [4.69, 9.17) is 4.98 Å². The SMILES string of the molecule is CCCNCc1sc(-c2ccn(C)n2)nc1CCC. The maximum Gasteiger partial charge on any atom is 0.144 e. The van der Waals surface area contributed by atoms with Crippen LogP contribution in [0.1, 0.15) is 37.3 Å². The van der Waals surface area contributed by atoms with Gasteiger partial charge >= 0.3 is 0 Å². The molecule has 104 valence electrons. The van der Waals surface area contributed by atoms with Gasteiger partial charge in [-0.3, -0.25) is 4.68 Å². The third kappa shape index (κ3) is 3.64. The number of rotatable bonds is 7. The van der Waals surface area contributed by atoms with Crippen LogP contribution >= 0.6 is 11.3 Å². The molecule has 0 amide bonds. The van der Waals surface area contributed by atoms with Crippen LogP contribution in [-0.2, 0) is 20.0 Å². The minimum absolute atomic E-state index is 0.924. The molecule has 1 N–H and O–H groups in total. The number of thiazole rings is 1. The molecule has 2 rings (SSSR count). The van der Waals surface area contributed by atoms with E-state index in [1.54, 1.807) is 11.3 Å². The molecule has 5 heteroatoms. The van der Waals surface area contributed by atoms with Gasteiger partial charge in [-0.2, -0.15) is 5.10 Å². The Kier molecular flexibility index (Phi) is 5.10. The van der Waals surface area contributed by atoms with E-state index in [1.165, 1.54) is 10.6 Å². The Morgan fingerprint density at radius 3 is 2.79 bits per heavy atom. The molecule has 0 aliphatic heterocycles. The highest BCUT2D eigenvalue weighted by molar-refractivity contribution is 7.15. The zero-order chi connectivity index (χ0) is 13.7. The third-order valence-corrected chi connectivity index (χ3v) is 4.03. The smallest absolute Gasteiger partial charge is 0.144 e. The van der Waals surface area contributed by atoms with Gasteiger partial charge in [0.2, 0.25) is 0 Å². The molecule has 0 saturated carbocycles. The van der Waals surface area contributed by atoms with Crippen molar-refractivity contribution in [3.8, 4) is 10.7 Å². The van der Waals surface area contributed by atoms with Crippen LogP contribution in [0.3, 0.4) is 0 Å². The summed E-state index contributed by atoms with van der Waals surface area (Å²) in [7, 11) is 1.94. The summed E-state index contributed by atoms with van der Waals surface area (Å²) in [5, 5.41) is 8.94. The van der Waals surface area contributed by atoms with Gasteiger partial charge in [-0.1, -0.05) is 20.3 Å². The van der Waals surface area contributed by atoms with Crippen molar-refractivity contribution in [2.45, 2.75) is 39.7 Å². The van der Waals surface area contributed by atoms with Gasteiger partial charge in [0.25, 0.3) is 0 Å². The molecule has 0 aromatic carbocycles. The molecule has 0 saturated heterocycles. The van der Waals surface area contributed by atoms with Crippen LogP contribution < -0.4 is 5.32 Å². The Balaban J connectivity index is 2.18. The summed E-state index contributed by atoms with van der Waals surface area (Å²) in [6, 6.07) is 2.03. The lowest BCUT2D eigenvalue weighted by atomic mass is 10.2. The number of aromatic nitrogens is 3. The van der Waals surface area contributed by atoms with Crippen molar-refractivity contribution in [1.82, 2.24) is 20.1 Å². The molecule has 0 aliphatic carbocycles. The van der Waals surface area contributed by atoms with Crippen molar-refractivity contribution < 1.29 is 0 Å². The van der Waals surface area contributed by atoms with Gasteiger partial charge in [-0.05, 0) is 25.5 Å². The molecule has 0 fully saturated rings. The normalized spacial score (nSPS) is 11.1. The van der Waals surface area contributed by atoms with Crippen molar-refractivity contribution in [1.29, 1.82) is 0 Å². The van der Waals surface area contributed by atoms with E-state index in [0.29, 0.717) is 0 Å². The van der Waals surface area contributed by atoms with Gasteiger partial charge in [0.1, 0.15) is 10.7 Å². The monoisotopic (exact) mass is 278 g/mol. The summed E-state index contributed by atoms with van der Waals surface area (Å²) in [6.45, 7) is 6.37. The summed E-state index contributed by atoms with van der Waals surface area (Å²) in [5.74, 6) is 0. The standard InChI is InChI=1S/C14H22N4S/c1-4-6-11-13(10-15-8-5-2)19-14(16-11)12-7-9-18(3)17-12/h7,9,15H,4-6,8,10H2,1-3H3. The van der Waals surface area contributed by atoms with Crippen molar-refractivity contribution in [2.24, 2.45) is 7.05 Å². The molecule has 2 aromatic rings. The Hall–Kier alpha value is -1.20. The van der Waals surface area contributed by atoms with Crippen LogP contribution in [0.5, 0.6) is 0 Å². The number of aryl methyl sites for hydroxylation is 2. The predicted molar refractivity (Wildman–Crippen MR) is 80.3 cm³/mol. The van der Waals surface area contributed by atoms with Crippen molar-refractivity contribution >= 4 is 11.3 Å². The van der Waals surface area contributed by atoms with Crippen LogP contribution in [0.25, 0.3) is 10.7 Å². The molecule has 0 bridgehead atoms. The highest BCUT2D eigenvalue weighted by Crippen LogP contribution is 2.27. The fourth-order valence-corrected chi connectivity index (χ4v) is 3.01. The third-order valence-electron chi connectivity index (χ3n) is 2.91. The molecule has 2 heterocycles. The average molecular weight is 278 g/mol. The lowest BCUT2D eigenvalue weighted by Crippen LogP contribution is -2.13. The van der Waals surface area contributed by atoms with Gasteiger partial charge in [0.15, 0.2) is 0 Å². The number of nitrogens with zero attached hydrogens (tertiary/aromatic N) is 3. The Morgan fingerprint density at radius 2 is 2.16 bits per heavy atom. The summed E-state index contributed by atoms with van der Waals surface area (Å²) < 4.78 is 1.82.